The van der Waals surface area contributed by atoms with E-state index in [1.54, 1.807) is 0 Å². The van der Waals surface area contributed by atoms with Crippen LogP contribution in [0.3, 0.4) is 0 Å². The molecule has 1 N–H and O–H groups in total. The van der Waals surface area contributed by atoms with Crippen LogP contribution in [-0.2, 0) is 19.8 Å². The molecule has 0 spiro atoms. The summed E-state index contributed by atoms with van der Waals surface area (Å²) < 4.78 is 0. The smallest absolute Gasteiger partial charge is 0.232 e. The zero-order chi connectivity index (χ0) is 21.7. The Morgan fingerprint density at radius 2 is 1.45 bits per heavy atom. The first kappa shape index (κ1) is 22.9. The van der Waals surface area contributed by atoms with E-state index in [9.17, 15) is 14.4 Å². The first-order valence-corrected chi connectivity index (χ1v) is 10.4. The van der Waals surface area contributed by atoms with Crippen LogP contribution in [0.25, 0.3) is 0 Å². The van der Waals surface area contributed by atoms with Gasteiger partial charge in [0.15, 0.2) is 0 Å². The van der Waals surface area contributed by atoms with Crippen molar-refractivity contribution in [3.8, 4) is 0 Å². The summed E-state index contributed by atoms with van der Waals surface area (Å²) in [5.74, 6) is 0.184. The number of hydrogen-bond acceptors (Lipinski definition) is 3. The van der Waals surface area contributed by atoms with Crippen molar-refractivity contribution in [2.45, 2.75) is 52.9 Å². The molecule has 1 heterocycles. The summed E-state index contributed by atoms with van der Waals surface area (Å²) in [6, 6.07) is 9.81. The average Bonchev–Trinajstić information content (AvgIpc) is 2.70. The van der Waals surface area contributed by atoms with E-state index in [0.717, 1.165) is 5.56 Å². The maximum absolute atomic E-state index is 13.0. The molecule has 0 aliphatic carbocycles. The molecule has 0 saturated carbocycles. The lowest BCUT2D eigenvalue weighted by Gasteiger charge is -2.39. The van der Waals surface area contributed by atoms with Gasteiger partial charge in [0.25, 0.3) is 0 Å². The fraction of sp³-hybridized carbons (Fsp3) is 0.609. The highest BCUT2D eigenvalue weighted by molar-refractivity contribution is 5.87. The van der Waals surface area contributed by atoms with Crippen molar-refractivity contribution in [2.24, 2.45) is 5.41 Å². The molecule has 1 aromatic carbocycles. The van der Waals surface area contributed by atoms with Crippen molar-refractivity contribution < 1.29 is 14.4 Å². The highest BCUT2D eigenvalue weighted by Crippen LogP contribution is 2.26. The minimum Gasteiger partial charge on any atom is -0.356 e. The van der Waals surface area contributed by atoms with Crippen molar-refractivity contribution in [2.75, 3.05) is 32.7 Å². The molecule has 6 nitrogen and oxygen atoms in total. The Bertz CT molecular complexity index is 715. The largest absolute Gasteiger partial charge is 0.356 e. The molecule has 1 aliphatic rings. The van der Waals surface area contributed by atoms with E-state index in [0.29, 0.717) is 45.6 Å². The van der Waals surface area contributed by atoms with E-state index in [1.807, 2.05) is 74.8 Å². The van der Waals surface area contributed by atoms with Gasteiger partial charge in [0.05, 0.1) is 5.41 Å². The van der Waals surface area contributed by atoms with E-state index in [-0.39, 0.29) is 17.7 Å². The van der Waals surface area contributed by atoms with Gasteiger partial charge in [0.1, 0.15) is 0 Å². The topological polar surface area (TPSA) is 69.7 Å². The van der Waals surface area contributed by atoms with Crippen molar-refractivity contribution in [3.63, 3.8) is 0 Å². The van der Waals surface area contributed by atoms with E-state index in [1.165, 1.54) is 0 Å². The molecule has 0 aromatic heterocycles. The van der Waals surface area contributed by atoms with Crippen LogP contribution in [0.2, 0.25) is 0 Å². The number of nitrogens with zero attached hydrogens (tertiary/aromatic N) is 2. The molecule has 29 heavy (non-hydrogen) atoms. The van der Waals surface area contributed by atoms with Gasteiger partial charge in [0.2, 0.25) is 17.7 Å². The normalized spacial score (nSPS) is 15.2. The number of hydrogen-bond donors (Lipinski definition) is 1. The molecule has 1 aromatic rings. The van der Waals surface area contributed by atoms with Crippen LogP contribution >= 0.6 is 0 Å². The third-order valence-corrected chi connectivity index (χ3v) is 5.48. The number of carbonyl (C=O) groups excluding carboxylic acids is 3. The van der Waals surface area contributed by atoms with Gasteiger partial charge in [0, 0.05) is 44.6 Å². The first-order chi connectivity index (χ1) is 13.5. The Morgan fingerprint density at radius 1 is 0.897 bits per heavy atom. The van der Waals surface area contributed by atoms with Crippen molar-refractivity contribution >= 4 is 17.7 Å². The third-order valence-electron chi connectivity index (χ3n) is 5.48. The Hall–Kier alpha value is -2.37. The molecule has 6 heteroatoms. The predicted molar refractivity (Wildman–Crippen MR) is 114 cm³/mol. The van der Waals surface area contributed by atoms with E-state index >= 15 is 0 Å². The van der Waals surface area contributed by atoms with Crippen molar-refractivity contribution in [1.82, 2.24) is 15.1 Å². The summed E-state index contributed by atoms with van der Waals surface area (Å²) >= 11 is 0. The van der Waals surface area contributed by atoms with Gasteiger partial charge < -0.3 is 15.1 Å². The summed E-state index contributed by atoms with van der Waals surface area (Å²) in [6.07, 6.45) is 1.04. The first-order valence-electron chi connectivity index (χ1n) is 10.4. The third kappa shape index (κ3) is 6.05. The Morgan fingerprint density at radius 3 is 2.00 bits per heavy atom. The second kappa shape index (κ2) is 9.42. The molecule has 2 rings (SSSR count). The number of carbonyl (C=O) groups is 3. The SMILES string of the molecule is CC(C)(C)C(=O)NCCCC(=O)N1CCN(C(=O)C(C)(C)c2ccccc2)CC1. The lowest BCUT2D eigenvalue weighted by molar-refractivity contribution is -0.142. The molecule has 1 aliphatic heterocycles. The van der Waals surface area contributed by atoms with Gasteiger partial charge >= 0.3 is 0 Å². The minimum atomic E-state index is -0.585. The second-order valence-corrected chi connectivity index (χ2v) is 9.27. The molecule has 1 fully saturated rings. The lowest BCUT2D eigenvalue weighted by atomic mass is 9.83. The van der Waals surface area contributed by atoms with Gasteiger partial charge in [-0.3, -0.25) is 14.4 Å². The molecule has 0 atom stereocenters. The molecule has 3 amide bonds. The summed E-state index contributed by atoms with van der Waals surface area (Å²) in [7, 11) is 0. The molecule has 0 bridgehead atoms. The molecule has 160 valence electrons. The zero-order valence-corrected chi connectivity index (χ0v) is 18.5. The molecule has 0 radical (unpaired) electrons. The zero-order valence-electron chi connectivity index (χ0n) is 18.5. The Kier molecular flexibility index (Phi) is 7.44. The molecule has 1 saturated heterocycles. The fourth-order valence-electron chi connectivity index (χ4n) is 3.40. The van der Waals surface area contributed by atoms with Crippen molar-refractivity contribution in [1.29, 1.82) is 0 Å². The number of amides is 3. The summed E-state index contributed by atoms with van der Waals surface area (Å²) in [4.78, 5) is 41.0. The van der Waals surface area contributed by atoms with E-state index in [2.05, 4.69) is 5.32 Å². The van der Waals surface area contributed by atoms with Crippen LogP contribution in [0.1, 0.15) is 53.0 Å². The van der Waals surface area contributed by atoms with Gasteiger partial charge in [-0.1, -0.05) is 51.1 Å². The second-order valence-electron chi connectivity index (χ2n) is 9.27. The van der Waals surface area contributed by atoms with E-state index in [4.69, 9.17) is 0 Å². The highest BCUT2D eigenvalue weighted by atomic mass is 16.2. The summed E-state index contributed by atoms with van der Waals surface area (Å²) in [6.45, 7) is 12.2. The van der Waals surface area contributed by atoms with Crippen LogP contribution in [0.5, 0.6) is 0 Å². The van der Waals surface area contributed by atoms with Gasteiger partial charge in [-0.25, -0.2) is 0 Å². The van der Waals surface area contributed by atoms with Crippen LogP contribution < -0.4 is 5.32 Å². The highest BCUT2D eigenvalue weighted by Gasteiger charge is 2.35. The average molecular weight is 402 g/mol. The van der Waals surface area contributed by atoms with Crippen molar-refractivity contribution in [3.05, 3.63) is 35.9 Å². The number of rotatable bonds is 6. The maximum Gasteiger partial charge on any atom is 0.232 e. The molecular formula is C23H35N3O3. The number of nitrogens with one attached hydrogen (secondary N) is 1. The summed E-state index contributed by atoms with van der Waals surface area (Å²) in [5, 5.41) is 2.87. The summed E-state index contributed by atoms with van der Waals surface area (Å²) in [5.41, 5.74) is -0.000141. The standard InChI is InChI=1S/C23H35N3O3/c1-22(2,3)20(28)24-13-9-12-19(27)25-14-16-26(17-15-25)21(29)23(4,5)18-10-7-6-8-11-18/h6-8,10-11H,9,12-17H2,1-5H3,(H,24,28). The monoisotopic (exact) mass is 401 g/mol. The molecular weight excluding hydrogens is 366 g/mol. The fourth-order valence-corrected chi connectivity index (χ4v) is 3.40. The Balaban J connectivity index is 1.77. The van der Waals surface area contributed by atoms with E-state index < -0.39 is 10.8 Å². The van der Waals surface area contributed by atoms with Crippen LogP contribution in [-0.4, -0.2) is 60.2 Å². The Labute approximate surface area is 174 Å². The number of piperazine rings is 1. The quantitative estimate of drug-likeness (QED) is 0.745. The molecule has 0 unspecified atom stereocenters. The van der Waals surface area contributed by atoms with Crippen LogP contribution in [0, 0.1) is 5.41 Å². The maximum atomic E-state index is 13.0. The van der Waals surface area contributed by atoms with Gasteiger partial charge in [-0.2, -0.15) is 0 Å². The van der Waals surface area contributed by atoms with Crippen LogP contribution in [0.4, 0.5) is 0 Å². The van der Waals surface area contributed by atoms with Crippen LogP contribution in [0.15, 0.2) is 30.3 Å². The predicted octanol–water partition coefficient (Wildman–Crippen LogP) is 2.58. The van der Waals surface area contributed by atoms with Gasteiger partial charge in [-0.15, -0.1) is 0 Å². The minimum absolute atomic E-state index is 0.00175. The lowest BCUT2D eigenvalue weighted by Crippen LogP contribution is -2.54. The van der Waals surface area contributed by atoms with Gasteiger partial charge in [-0.05, 0) is 25.8 Å². The number of benzene rings is 1.